The Morgan fingerprint density at radius 1 is 1.07 bits per heavy atom. The van der Waals surface area contributed by atoms with E-state index in [0.717, 1.165) is 17.0 Å². The third kappa shape index (κ3) is 4.25. The SMILES string of the molecule is COc1ccc(CC(=O)Nc2ccc(-n3nc(C)cc3C)nc2)cc1OC. The minimum atomic E-state index is -0.136. The second-order valence-electron chi connectivity index (χ2n) is 6.16. The van der Waals surface area contributed by atoms with Crippen LogP contribution in [-0.4, -0.2) is 34.9 Å². The fourth-order valence-electron chi connectivity index (χ4n) is 2.83. The number of pyridine rings is 1. The quantitative estimate of drug-likeness (QED) is 0.725. The van der Waals surface area contributed by atoms with Crippen molar-refractivity contribution in [3.63, 3.8) is 0 Å². The van der Waals surface area contributed by atoms with Gasteiger partial charge in [-0.2, -0.15) is 5.10 Å². The van der Waals surface area contributed by atoms with Gasteiger partial charge in [0.05, 0.1) is 38.2 Å². The molecule has 0 bridgehead atoms. The fraction of sp³-hybridized carbons (Fsp3) is 0.250. The van der Waals surface area contributed by atoms with Crippen molar-refractivity contribution in [2.24, 2.45) is 0 Å². The van der Waals surface area contributed by atoms with Crippen LogP contribution in [0.1, 0.15) is 17.0 Å². The summed E-state index contributed by atoms with van der Waals surface area (Å²) in [7, 11) is 3.14. The van der Waals surface area contributed by atoms with E-state index in [9.17, 15) is 4.79 Å². The molecule has 0 aliphatic heterocycles. The maximum Gasteiger partial charge on any atom is 0.228 e. The molecular formula is C20H22N4O3. The van der Waals surface area contributed by atoms with Gasteiger partial charge in [-0.05, 0) is 49.7 Å². The van der Waals surface area contributed by atoms with E-state index in [4.69, 9.17) is 9.47 Å². The highest BCUT2D eigenvalue weighted by atomic mass is 16.5. The smallest absolute Gasteiger partial charge is 0.228 e. The molecule has 7 nitrogen and oxygen atoms in total. The topological polar surface area (TPSA) is 78.3 Å². The van der Waals surface area contributed by atoms with Gasteiger partial charge in [-0.3, -0.25) is 4.79 Å². The molecule has 2 heterocycles. The number of ether oxygens (including phenoxy) is 2. The maximum absolute atomic E-state index is 12.3. The highest BCUT2D eigenvalue weighted by Gasteiger charge is 2.10. The van der Waals surface area contributed by atoms with Gasteiger partial charge in [0.1, 0.15) is 0 Å². The highest BCUT2D eigenvalue weighted by molar-refractivity contribution is 5.92. The first-order valence-corrected chi connectivity index (χ1v) is 8.50. The Morgan fingerprint density at radius 3 is 2.44 bits per heavy atom. The summed E-state index contributed by atoms with van der Waals surface area (Å²) in [6.45, 7) is 3.91. The molecule has 0 aliphatic rings. The van der Waals surface area contributed by atoms with E-state index in [-0.39, 0.29) is 12.3 Å². The Kier molecular flexibility index (Phi) is 5.40. The van der Waals surface area contributed by atoms with Gasteiger partial charge in [0, 0.05) is 5.69 Å². The average Bonchev–Trinajstić information content (AvgIpc) is 3.00. The summed E-state index contributed by atoms with van der Waals surface area (Å²) in [5.41, 5.74) is 3.40. The normalized spacial score (nSPS) is 10.5. The van der Waals surface area contributed by atoms with Crippen LogP contribution in [0.15, 0.2) is 42.6 Å². The van der Waals surface area contributed by atoms with Crippen LogP contribution in [0.2, 0.25) is 0 Å². The van der Waals surface area contributed by atoms with Crippen molar-refractivity contribution in [1.82, 2.24) is 14.8 Å². The van der Waals surface area contributed by atoms with Crippen LogP contribution in [0, 0.1) is 13.8 Å². The molecule has 0 fully saturated rings. The molecular weight excluding hydrogens is 344 g/mol. The Hall–Kier alpha value is -3.35. The number of hydrogen-bond donors (Lipinski definition) is 1. The molecule has 7 heteroatoms. The standard InChI is InChI=1S/C20H22N4O3/c1-13-9-14(2)24(23-13)19-8-6-16(12-21-19)22-20(25)11-15-5-7-17(26-3)18(10-15)27-4/h5-10,12H,11H2,1-4H3,(H,22,25). The Bertz CT molecular complexity index is 948. The van der Waals surface area contributed by atoms with Gasteiger partial charge >= 0.3 is 0 Å². The van der Waals surface area contributed by atoms with E-state index in [1.807, 2.05) is 38.1 Å². The zero-order chi connectivity index (χ0) is 19.4. The first-order chi connectivity index (χ1) is 13.0. The molecule has 0 saturated carbocycles. The van der Waals surface area contributed by atoms with Crippen LogP contribution in [0.4, 0.5) is 5.69 Å². The summed E-state index contributed by atoms with van der Waals surface area (Å²) in [6.07, 6.45) is 1.85. The predicted molar refractivity (Wildman–Crippen MR) is 103 cm³/mol. The second-order valence-corrected chi connectivity index (χ2v) is 6.16. The number of hydrogen-bond acceptors (Lipinski definition) is 5. The minimum Gasteiger partial charge on any atom is -0.493 e. The summed E-state index contributed by atoms with van der Waals surface area (Å²) in [5.74, 6) is 1.80. The molecule has 0 unspecified atom stereocenters. The van der Waals surface area contributed by atoms with Crippen molar-refractivity contribution in [1.29, 1.82) is 0 Å². The van der Waals surface area contributed by atoms with E-state index in [2.05, 4.69) is 15.4 Å². The van der Waals surface area contributed by atoms with E-state index >= 15 is 0 Å². The number of anilines is 1. The molecule has 27 heavy (non-hydrogen) atoms. The molecule has 0 atom stereocenters. The number of aromatic nitrogens is 3. The Morgan fingerprint density at radius 2 is 1.85 bits per heavy atom. The van der Waals surface area contributed by atoms with E-state index in [1.54, 1.807) is 37.2 Å². The molecule has 3 rings (SSSR count). The number of nitrogens with zero attached hydrogens (tertiary/aromatic N) is 3. The molecule has 140 valence electrons. The number of amides is 1. The van der Waals surface area contributed by atoms with Gasteiger partial charge in [0.25, 0.3) is 0 Å². The second kappa shape index (κ2) is 7.90. The minimum absolute atomic E-state index is 0.136. The van der Waals surface area contributed by atoms with Crippen LogP contribution in [0.5, 0.6) is 11.5 Å². The van der Waals surface area contributed by atoms with Gasteiger partial charge in [-0.25, -0.2) is 9.67 Å². The van der Waals surface area contributed by atoms with Gasteiger partial charge in [-0.15, -0.1) is 0 Å². The molecule has 2 aromatic heterocycles. The number of methoxy groups -OCH3 is 2. The Balaban J connectivity index is 1.67. The maximum atomic E-state index is 12.3. The summed E-state index contributed by atoms with van der Waals surface area (Å²) >= 11 is 0. The molecule has 1 aromatic carbocycles. The molecule has 0 aliphatic carbocycles. The van der Waals surface area contributed by atoms with Crippen LogP contribution in [0.3, 0.4) is 0 Å². The zero-order valence-corrected chi connectivity index (χ0v) is 15.8. The number of nitrogens with one attached hydrogen (secondary N) is 1. The predicted octanol–water partition coefficient (Wildman–Crippen LogP) is 3.08. The van der Waals surface area contributed by atoms with Crippen molar-refractivity contribution in [2.75, 3.05) is 19.5 Å². The zero-order valence-electron chi connectivity index (χ0n) is 15.8. The van der Waals surface area contributed by atoms with Crippen molar-refractivity contribution >= 4 is 11.6 Å². The molecule has 0 saturated heterocycles. The van der Waals surface area contributed by atoms with Crippen molar-refractivity contribution in [2.45, 2.75) is 20.3 Å². The van der Waals surface area contributed by atoms with Crippen molar-refractivity contribution < 1.29 is 14.3 Å². The van der Waals surface area contributed by atoms with Gasteiger partial charge in [-0.1, -0.05) is 6.07 Å². The first-order valence-electron chi connectivity index (χ1n) is 8.50. The average molecular weight is 366 g/mol. The third-order valence-electron chi connectivity index (χ3n) is 4.07. The van der Waals surface area contributed by atoms with Gasteiger partial charge < -0.3 is 14.8 Å². The number of rotatable bonds is 6. The third-order valence-corrected chi connectivity index (χ3v) is 4.07. The lowest BCUT2D eigenvalue weighted by atomic mass is 10.1. The number of carbonyl (C=O) groups is 1. The molecule has 3 aromatic rings. The summed E-state index contributed by atoms with van der Waals surface area (Å²) in [5, 5.41) is 7.25. The van der Waals surface area contributed by atoms with Gasteiger partial charge in [0.15, 0.2) is 17.3 Å². The highest BCUT2D eigenvalue weighted by Crippen LogP contribution is 2.27. The largest absolute Gasteiger partial charge is 0.493 e. The molecule has 0 radical (unpaired) electrons. The summed E-state index contributed by atoms with van der Waals surface area (Å²) < 4.78 is 12.2. The monoisotopic (exact) mass is 366 g/mol. The lowest BCUT2D eigenvalue weighted by Crippen LogP contribution is -2.15. The van der Waals surface area contributed by atoms with E-state index in [0.29, 0.717) is 23.0 Å². The van der Waals surface area contributed by atoms with Crippen molar-refractivity contribution in [3.05, 3.63) is 59.5 Å². The first kappa shape index (κ1) is 18.4. The molecule has 0 spiro atoms. The van der Waals surface area contributed by atoms with Crippen LogP contribution < -0.4 is 14.8 Å². The van der Waals surface area contributed by atoms with Gasteiger partial charge in [0.2, 0.25) is 5.91 Å². The summed E-state index contributed by atoms with van der Waals surface area (Å²) in [4.78, 5) is 16.7. The van der Waals surface area contributed by atoms with Crippen molar-refractivity contribution in [3.8, 4) is 17.3 Å². The van der Waals surface area contributed by atoms with E-state index in [1.165, 1.54) is 0 Å². The Labute approximate surface area is 158 Å². The van der Waals surface area contributed by atoms with Crippen LogP contribution in [-0.2, 0) is 11.2 Å². The molecule has 1 N–H and O–H groups in total. The summed E-state index contributed by atoms with van der Waals surface area (Å²) in [6, 6.07) is 11.0. The lowest BCUT2D eigenvalue weighted by molar-refractivity contribution is -0.115. The number of carbonyl (C=O) groups excluding carboxylic acids is 1. The molecule has 1 amide bonds. The number of aryl methyl sites for hydroxylation is 2. The fourth-order valence-corrected chi connectivity index (χ4v) is 2.83. The van der Waals surface area contributed by atoms with E-state index < -0.39 is 0 Å². The lowest BCUT2D eigenvalue weighted by Gasteiger charge is -2.10. The van der Waals surface area contributed by atoms with Crippen LogP contribution >= 0.6 is 0 Å². The van der Waals surface area contributed by atoms with Crippen LogP contribution in [0.25, 0.3) is 5.82 Å². The number of benzene rings is 1.